The summed E-state index contributed by atoms with van der Waals surface area (Å²) in [6, 6.07) is 13.3. The first-order valence-electron chi connectivity index (χ1n) is 9.90. The van der Waals surface area contributed by atoms with Crippen LogP contribution < -0.4 is 4.74 Å². The number of fused-ring (bicyclic) bond motifs is 1. The van der Waals surface area contributed by atoms with E-state index in [1.807, 2.05) is 4.90 Å². The normalized spacial score (nSPS) is 17.1. The average Bonchev–Trinajstić information content (AvgIpc) is 3.15. The maximum atomic E-state index is 12.8. The molecule has 0 saturated carbocycles. The molecule has 0 aliphatic carbocycles. The number of amides is 1. The first-order chi connectivity index (χ1) is 13.9. The van der Waals surface area contributed by atoms with Crippen LogP contribution in [0.3, 0.4) is 0 Å². The third kappa shape index (κ3) is 4.97. The van der Waals surface area contributed by atoms with Crippen molar-refractivity contribution >= 4 is 15.7 Å². The zero-order valence-corrected chi connectivity index (χ0v) is 17.5. The highest BCUT2D eigenvalue weighted by molar-refractivity contribution is 7.89. The third-order valence-electron chi connectivity index (χ3n) is 5.45. The lowest BCUT2D eigenvalue weighted by Gasteiger charge is -2.35. The fourth-order valence-corrected chi connectivity index (χ4v) is 4.73. The van der Waals surface area contributed by atoms with Crippen LogP contribution in [-0.2, 0) is 28.6 Å². The fraction of sp³-hybridized carbons (Fsp3) is 0.409. The topological polar surface area (TPSA) is 66.9 Å². The predicted octanol–water partition coefficient (Wildman–Crippen LogP) is 2.12. The van der Waals surface area contributed by atoms with Gasteiger partial charge in [0.2, 0.25) is 0 Å². The highest BCUT2D eigenvalue weighted by Gasteiger charge is 2.23. The molecule has 2 aliphatic rings. The summed E-state index contributed by atoms with van der Waals surface area (Å²) in [5.74, 6) is 1.01. The van der Waals surface area contributed by atoms with Gasteiger partial charge in [-0.15, -0.1) is 0 Å². The van der Waals surface area contributed by atoms with Crippen LogP contribution >= 0.6 is 0 Å². The Balaban J connectivity index is 1.31. The van der Waals surface area contributed by atoms with E-state index in [1.165, 1.54) is 17.4 Å². The van der Waals surface area contributed by atoms with E-state index in [1.54, 1.807) is 24.3 Å². The molecule has 0 bridgehead atoms. The van der Waals surface area contributed by atoms with Gasteiger partial charge in [-0.2, -0.15) is 0 Å². The van der Waals surface area contributed by atoms with E-state index >= 15 is 0 Å². The van der Waals surface area contributed by atoms with Gasteiger partial charge in [0.1, 0.15) is 5.75 Å². The number of carbonyl (C=O) groups excluding carboxylic acids is 1. The number of ether oxygens (including phenoxy) is 1. The van der Waals surface area contributed by atoms with Gasteiger partial charge in [-0.3, -0.25) is 9.69 Å². The summed E-state index contributed by atoms with van der Waals surface area (Å²) < 4.78 is 28.4. The quantitative estimate of drug-likeness (QED) is 0.750. The van der Waals surface area contributed by atoms with Crippen LogP contribution in [0, 0.1) is 0 Å². The zero-order chi connectivity index (χ0) is 20.4. The molecular weight excluding hydrogens is 388 g/mol. The number of hydrogen-bond donors (Lipinski definition) is 0. The molecule has 0 radical (unpaired) electrons. The van der Waals surface area contributed by atoms with Crippen LogP contribution in [0.2, 0.25) is 0 Å². The lowest BCUT2D eigenvalue weighted by Crippen LogP contribution is -2.48. The standard InChI is InChI=1S/C22H26N2O4S/c1-29(26,27)16-17-2-5-19(6-3-17)22(25)24-11-9-23(10-12-24)15-18-4-7-21-20(14-18)8-13-28-21/h2-7,14H,8-13,15-16H2,1H3. The molecule has 2 aromatic rings. The highest BCUT2D eigenvalue weighted by atomic mass is 32.2. The Labute approximate surface area is 172 Å². The van der Waals surface area contributed by atoms with E-state index in [9.17, 15) is 13.2 Å². The van der Waals surface area contributed by atoms with Gasteiger partial charge < -0.3 is 9.64 Å². The Kier molecular flexibility index (Phi) is 5.61. The molecule has 2 aliphatic heterocycles. The van der Waals surface area contributed by atoms with Crippen molar-refractivity contribution in [3.8, 4) is 5.75 Å². The molecule has 4 rings (SSSR count). The maximum Gasteiger partial charge on any atom is 0.253 e. The van der Waals surface area contributed by atoms with Crippen LogP contribution in [0.4, 0.5) is 0 Å². The summed E-state index contributed by atoms with van der Waals surface area (Å²) in [5.41, 5.74) is 3.88. The van der Waals surface area contributed by atoms with E-state index in [0.29, 0.717) is 24.2 Å². The SMILES string of the molecule is CS(=O)(=O)Cc1ccc(C(=O)N2CCN(Cc3ccc4c(c3)CCO4)CC2)cc1. The number of nitrogens with zero attached hydrogens (tertiary/aromatic N) is 2. The van der Waals surface area contributed by atoms with Gasteiger partial charge >= 0.3 is 0 Å². The highest BCUT2D eigenvalue weighted by Crippen LogP contribution is 2.26. The molecule has 1 saturated heterocycles. The van der Waals surface area contributed by atoms with Gasteiger partial charge in [-0.05, 0) is 34.9 Å². The minimum absolute atomic E-state index is 0.00485. The first kappa shape index (κ1) is 19.9. The van der Waals surface area contributed by atoms with Crippen molar-refractivity contribution in [2.45, 2.75) is 18.7 Å². The number of piperazine rings is 1. The summed E-state index contributed by atoms with van der Waals surface area (Å²) in [7, 11) is -3.07. The minimum atomic E-state index is -3.07. The first-order valence-corrected chi connectivity index (χ1v) is 12.0. The summed E-state index contributed by atoms with van der Waals surface area (Å²) >= 11 is 0. The molecule has 0 unspecified atom stereocenters. The van der Waals surface area contributed by atoms with Crippen molar-refractivity contribution in [2.75, 3.05) is 39.0 Å². The number of sulfone groups is 1. The van der Waals surface area contributed by atoms with Crippen LogP contribution in [0.5, 0.6) is 5.75 Å². The molecule has 2 aromatic carbocycles. The average molecular weight is 415 g/mol. The van der Waals surface area contributed by atoms with Crippen LogP contribution in [0.1, 0.15) is 27.0 Å². The van der Waals surface area contributed by atoms with Crippen molar-refractivity contribution in [1.82, 2.24) is 9.80 Å². The van der Waals surface area contributed by atoms with Gasteiger partial charge in [-0.1, -0.05) is 24.3 Å². The Morgan fingerprint density at radius 2 is 1.69 bits per heavy atom. The Morgan fingerprint density at radius 1 is 1.00 bits per heavy atom. The van der Waals surface area contributed by atoms with Crippen molar-refractivity contribution in [1.29, 1.82) is 0 Å². The van der Waals surface area contributed by atoms with Gasteiger partial charge in [0.25, 0.3) is 5.91 Å². The van der Waals surface area contributed by atoms with Crippen LogP contribution in [0.15, 0.2) is 42.5 Å². The Morgan fingerprint density at radius 3 is 2.38 bits per heavy atom. The van der Waals surface area contributed by atoms with Crippen molar-refractivity contribution in [3.63, 3.8) is 0 Å². The lowest BCUT2D eigenvalue weighted by atomic mass is 10.1. The largest absolute Gasteiger partial charge is 0.493 e. The molecule has 154 valence electrons. The predicted molar refractivity (Wildman–Crippen MR) is 112 cm³/mol. The molecule has 0 aromatic heterocycles. The molecule has 1 fully saturated rings. The molecule has 0 N–H and O–H groups in total. The van der Waals surface area contributed by atoms with Crippen molar-refractivity contribution in [3.05, 3.63) is 64.7 Å². The number of carbonyl (C=O) groups is 1. The second-order valence-corrected chi connectivity index (χ2v) is 10.0. The number of hydrogen-bond acceptors (Lipinski definition) is 5. The summed E-state index contributed by atoms with van der Waals surface area (Å²) in [6.07, 6.45) is 2.19. The zero-order valence-electron chi connectivity index (χ0n) is 16.6. The van der Waals surface area contributed by atoms with Crippen molar-refractivity contribution < 1.29 is 17.9 Å². The molecule has 6 nitrogen and oxygen atoms in total. The summed E-state index contributed by atoms with van der Waals surface area (Å²) in [6.45, 7) is 4.72. The second-order valence-electron chi connectivity index (χ2n) is 7.88. The monoisotopic (exact) mass is 414 g/mol. The third-order valence-corrected chi connectivity index (χ3v) is 6.31. The van der Waals surface area contributed by atoms with E-state index in [0.717, 1.165) is 38.4 Å². The molecule has 7 heteroatoms. The molecule has 2 heterocycles. The van der Waals surface area contributed by atoms with E-state index < -0.39 is 9.84 Å². The second kappa shape index (κ2) is 8.16. The van der Waals surface area contributed by atoms with E-state index in [-0.39, 0.29) is 11.7 Å². The molecular formula is C22H26N2O4S. The Bertz CT molecular complexity index is 994. The van der Waals surface area contributed by atoms with Gasteiger partial charge in [0, 0.05) is 51.0 Å². The van der Waals surface area contributed by atoms with Crippen LogP contribution in [-0.4, -0.2) is 63.2 Å². The van der Waals surface area contributed by atoms with Crippen LogP contribution in [0.25, 0.3) is 0 Å². The molecule has 0 atom stereocenters. The number of benzene rings is 2. The maximum absolute atomic E-state index is 12.8. The minimum Gasteiger partial charge on any atom is -0.493 e. The Hall–Kier alpha value is -2.38. The van der Waals surface area contributed by atoms with Gasteiger partial charge in [0.05, 0.1) is 12.4 Å². The molecule has 29 heavy (non-hydrogen) atoms. The molecule has 0 spiro atoms. The fourth-order valence-electron chi connectivity index (χ4n) is 3.93. The molecule has 1 amide bonds. The van der Waals surface area contributed by atoms with Crippen molar-refractivity contribution in [2.24, 2.45) is 0 Å². The van der Waals surface area contributed by atoms with E-state index in [4.69, 9.17) is 4.74 Å². The van der Waals surface area contributed by atoms with E-state index in [2.05, 4.69) is 23.1 Å². The number of rotatable bonds is 5. The van der Waals surface area contributed by atoms with Gasteiger partial charge in [-0.25, -0.2) is 8.42 Å². The smallest absolute Gasteiger partial charge is 0.253 e. The van der Waals surface area contributed by atoms with Gasteiger partial charge in [0.15, 0.2) is 9.84 Å². The summed E-state index contributed by atoms with van der Waals surface area (Å²) in [4.78, 5) is 17.0. The summed E-state index contributed by atoms with van der Waals surface area (Å²) in [5, 5.41) is 0. The lowest BCUT2D eigenvalue weighted by molar-refractivity contribution is 0.0628.